The van der Waals surface area contributed by atoms with Crippen molar-refractivity contribution >= 4 is 29.3 Å². The van der Waals surface area contributed by atoms with Gasteiger partial charge in [0.1, 0.15) is 5.58 Å². The lowest BCUT2D eigenvalue weighted by Gasteiger charge is -2.52. The Hall–Kier alpha value is -1.52. The van der Waals surface area contributed by atoms with E-state index in [1.165, 1.54) is 38.8 Å². The monoisotopic (exact) mass is 332 g/mol. The van der Waals surface area contributed by atoms with Crippen molar-refractivity contribution in [3.8, 4) is 0 Å². The van der Waals surface area contributed by atoms with Gasteiger partial charge in [-0.3, -0.25) is 9.69 Å². The van der Waals surface area contributed by atoms with Gasteiger partial charge in [0.25, 0.3) is 5.91 Å². The molecule has 1 aromatic heterocycles. The first-order valence-corrected chi connectivity index (χ1v) is 8.29. The van der Waals surface area contributed by atoms with E-state index in [4.69, 9.17) is 4.42 Å². The summed E-state index contributed by atoms with van der Waals surface area (Å²) >= 11 is 0. The second kappa shape index (κ2) is 5.25. The molecule has 4 nitrogen and oxygen atoms in total. The van der Waals surface area contributed by atoms with Gasteiger partial charge < -0.3 is 9.73 Å². The minimum absolute atomic E-state index is 0. The third-order valence-corrected chi connectivity index (χ3v) is 5.99. The van der Waals surface area contributed by atoms with Crippen molar-refractivity contribution in [2.45, 2.75) is 37.3 Å². The maximum absolute atomic E-state index is 12.7. The Morgan fingerprint density at radius 3 is 2.74 bits per heavy atom. The number of benzene rings is 1. The Morgan fingerprint density at radius 2 is 2.00 bits per heavy atom. The molecule has 1 atom stereocenters. The third kappa shape index (κ3) is 2.19. The molecule has 1 N–H and O–H groups in total. The van der Waals surface area contributed by atoms with Crippen LogP contribution >= 0.6 is 12.4 Å². The number of fused-ring (bicyclic) bond motifs is 3. The molecule has 3 saturated heterocycles. The summed E-state index contributed by atoms with van der Waals surface area (Å²) in [6.45, 7) is 2.44. The fraction of sp³-hybridized carbons (Fsp3) is 0.500. The highest BCUT2D eigenvalue weighted by Crippen LogP contribution is 2.53. The summed E-state index contributed by atoms with van der Waals surface area (Å²) in [5.41, 5.74) is 1.77. The van der Waals surface area contributed by atoms with Gasteiger partial charge in [-0.25, -0.2) is 0 Å². The molecule has 2 aromatic rings. The van der Waals surface area contributed by atoms with Crippen LogP contribution in [0.4, 0.5) is 0 Å². The lowest BCUT2D eigenvalue weighted by molar-refractivity contribution is -0.00144. The second-order valence-electron chi connectivity index (χ2n) is 7.05. The largest absolute Gasteiger partial charge is 0.464 e. The summed E-state index contributed by atoms with van der Waals surface area (Å²) in [7, 11) is 0. The van der Waals surface area contributed by atoms with Crippen LogP contribution in [0.3, 0.4) is 0 Å². The van der Waals surface area contributed by atoms with Crippen molar-refractivity contribution in [3.05, 3.63) is 36.1 Å². The zero-order chi connectivity index (χ0) is 14.7. The van der Waals surface area contributed by atoms with E-state index in [1.54, 1.807) is 6.26 Å². The maximum atomic E-state index is 12.7. The van der Waals surface area contributed by atoms with Gasteiger partial charge in [0, 0.05) is 16.5 Å². The fourth-order valence-corrected chi connectivity index (χ4v) is 4.64. The molecule has 0 radical (unpaired) electrons. The molecule has 1 saturated carbocycles. The third-order valence-electron chi connectivity index (χ3n) is 5.99. The number of piperidine rings is 3. The highest BCUT2D eigenvalue weighted by Gasteiger charge is 2.60. The summed E-state index contributed by atoms with van der Waals surface area (Å²) in [6.07, 6.45) is 6.60. The van der Waals surface area contributed by atoms with Gasteiger partial charge in [-0.2, -0.15) is 0 Å². The molecule has 6 rings (SSSR count). The molecule has 1 spiro atoms. The Balaban J connectivity index is 0.00000135. The number of hydrogen-bond acceptors (Lipinski definition) is 3. The highest BCUT2D eigenvalue weighted by atomic mass is 35.5. The number of furan rings is 1. The molecule has 122 valence electrons. The number of nitrogens with zero attached hydrogens (tertiary/aromatic N) is 1. The van der Waals surface area contributed by atoms with Crippen LogP contribution in [0.25, 0.3) is 11.0 Å². The first-order valence-electron chi connectivity index (χ1n) is 8.29. The Bertz CT molecular complexity index is 744. The predicted molar refractivity (Wildman–Crippen MR) is 91.0 cm³/mol. The van der Waals surface area contributed by atoms with Crippen LogP contribution < -0.4 is 5.32 Å². The summed E-state index contributed by atoms with van der Waals surface area (Å²) in [4.78, 5) is 15.3. The molecule has 1 aromatic carbocycles. The molecule has 23 heavy (non-hydrogen) atoms. The molecule has 3 aliphatic heterocycles. The van der Waals surface area contributed by atoms with Gasteiger partial charge >= 0.3 is 0 Å². The SMILES string of the molecule is Cl.O=C(NC1C2CCN(CC2)C12CC2)c1ccc2ccoc2c1. The van der Waals surface area contributed by atoms with Gasteiger partial charge in [-0.1, -0.05) is 6.07 Å². The zero-order valence-corrected chi connectivity index (χ0v) is 13.8. The lowest BCUT2D eigenvalue weighted by Crippen LogP contribution is -2.65. The van der Waals surface area contributed by atoms with Gasteiger partial charge in [0.05, 0.1) is 12.3 Å². The summed E-state index contributed by atoms with van der Waals surface area (Å²) in [6, 6.07) is 7.95. The number of hydrogen-bond donors (Lipinski definition) is 1. The second-order valence-corrected chi connectivity index (χ2v) is 7.05. The normalized spacial score (nSPS) is 30.2. The quantitative estimate of drug-likeness (QED) is 0.918. The van der Waals surface area contributed by atoms with E-state index in [2.05, 4.69) is 10.2 Å². The molecular weight excluding hydrogens is 312 g/mol. The standard InChI is InChI=1S/C18H20N2O2.ClH/c21-17(14-2-1-12-5-10-22-15(12)11-14)19-16-13-3-8-20(9-4-13)18(16)6-7-18;/h1-2,5,10-11,13,16H,3-4,6-9H2,(H,19,21);1H. The Kier molecular flexibility index (Phi) is 3.43. The average Bonchev–Trinajstić information content (AvgIpc) is 3.18. The van der Waals surface area contributed by atoms with Gasteiger partial charge in [-0.05, 0) is 62.9 Å². The summed E-state index contributed by atoms with van der Waals surface area (Å²) < 4.78 is 5.41. The predicted octanol–water partition coefficient (Wildman–Crippen LogP) is 3.21. The number of amides is 1. The van der Waals surface area contributed by atoms with E-state index in [1.807, 2.05) is 24.3 Å². The Labute approximate surface area is 141 Å². The minimum Gasteiger partial charge on any atom is -0.464 e. The average molecular weight is 333 g/mol. The van der Waals surface area contributed by atoms with Crippen molar-refractivity contribution in [1.29, 1.82) is 0 Å². The summed E-state index contributed by atoms with van der Waals surface area (Å²) in [5, 5.41) is 4.39. The molecule has 1 unspecified atom stereocenters. The van der Waals surface area contributed by atoms with E-state index in [-0.39, 0.29) is 23.9 Å². The molecule has 4 heterocycles. The van der Waals surface area contributed by atoms with E-state index in [9.17, 15) is 4.79 Å². The van der Waals surface area contributed by atoms with E-state index in [0.29, 0.717) is 17.5 Å². The molecular formula is C18H21ClN2O2. The summed E-state index contributed by atoms with van der Waals surface area (Å²) in [5.74, 6) is 0.701. The van der Waals surface area contributed by atoms with Crippen LogP contribution in [0.5, 0.6) is 0 Å². The van der Waals surface area contributed by atoms with Gasteiger partial charge in [0.2, 0.25) is 0 Å². The molecule has 5 heteroatoms. The van der Waals surface area contributed by atoms with Crippen LogP contribution in [0.2, 0.25) is 0 Å². The molecule has 2 bridgehead atoms. The smallest absolute Gasteiger partial charge is 0.251 e. The van der Waals surface area contributed by atoms with Crippen molar-refractivity contribution in [2.24, 2.45) is 5.92 Å². The number of carbonyl (C=O) groups excluding carboxylic acids is 1. The number of nitrogens with one attached hydrogen (secondary N) is 1. The lowest BCUT2D eigenvalue weighted by atomic mass is 9.77. The topological polar surface area (TPSA) is 45.5 Å². The van der Waals surface area contributed by atoms with Crippen LogP contribution in [0, 0.1) is 5.92 Å². The Morgan fingerprint density at radius 1 is 1.22 bits per heavy atom. The van der Waals surface area contributed by atoms with E-state index in [0.717, 1.165) is 11.0 Å². The highest BCUT2D eigenvalue weighted by molar-refractivity contribution is 5.97. The van der Waals surface area contributed by atoms with Crippen LogP contribution in [-0.2, 0) is 0 Å². The van der Waals surface area contributed by atoms with Crippen molar-refractivity contribution in [3.63, 3.8) is 0 Å². The number of carbonyl (C=O) groups is 1. The molecule has 4 fully saturated rings. The molecule has 1 aliphatic carbocycles. The minimum atomic E-state index is 0. The van der Waals surface area contributed by atoms with Crippen LogP contribution in [0.1, 0.15) is 36.0 Å². The van der Waals surface area contributed by atoms with Crippen molar-refractivity contribution < 1.29 is 9.21 Å². The maximum Gasteiger partial charge on any atom is 0.251 e. The molecule has 4 aliphatic rings. The first kappa shape index (κ1) is 15.0. The number of rotatable bonds is 2. The van der Waals surface area contributed by atoms with Gasteiger partial charge in [0.15, 0.2) is 0 Å². The van der Waals surface area contributed by atoms with E-state index >= 15 is 0 Å². The van der Waals surface area contributed by atoms with Crippen molar-refractivity contribution in [2.75, 3.05) is 13.1 Å². The van der Waals surface area contributed by atoms with E-state index < -0.39 is 0 Å². The first-order chi connectivity index (χ1) is 10.8. The van der Waals surface area contributed by atoms with Crippen LogP contribution in [-0.4, -0.2) is 35.5 Å². The zero-order valence-electron chi connectivity index (χ0n) is 13.0. The van der Waals surface area contributed by atoms with Crippen LogP contribution in [0.15, 0.2) is 34.9 Å². The van der Waals surface area contributed by atoms with Crippen molar-refractivity contribution in [1.82, 2.24) is 10.2 Å². The number of halogens is 1. The molecule has 1 amide bonds. The van der Waals surface area contributed by atoms with Gasteiger partial charge in [-0.15, -0.1) is 12.4 Å². The fourth-order valence-electron chi connectivity index (χ4n) is 4.64.